The summed E-state index contributed by atoms with van der Waals surface area (Å²) in [6.07, 6.45) is 0. The fraction of sp³-hybridized carbons (Fsp3) is 0.300. The molecule has 0 amide bonds. The standard InChI is InChI=1S/C8H8O2.CH3B.CH3NO2/c1-6-4-2-3-5-7(6)8(9)10;1-2;1-2(3)4/h2-5H,1H3,(H,9,10);1H3;1H3. The Balaban J connectivity index is 0. The van der Waals surface area contributed by atoms with Crippen LogP contribution in [0.25, 0.3) is 0 Å². The molecular formula is C10H14BNO4. The molecule has 1 aromatic carbocycles. The van der Waals surface area contributed by atoms with Crippen LogP contribution in [0.3, 0.4) is 0 Å². The fourth-order valence-electron chi connectivity index (χ4n) is 0.813. The molecule has 1 rings (SSSR count). The van der Waals surface area contributed by atoms with Gasteiger partial charge in [-0.25, -0.2) is 4.79 Å². The summed E-state index contributed by atoms with van der Waals surface area (Å²) in [5.74, 6) is -0.863. The molecule has 0 aliphatic heterocycles. The highest BCUT2D eigenvalue weighted by Crippen LogP contribution is 2.05. The molecular weight excluding hydrogens is 209 g/mol. The van der Waals surface area contributed by atoms with E-state index in [0.29, 0.717) is 5.56 Å². The predicted molar refractivity (Wildman–Crippen MR) is 62.7 cm³/mol. The third-order valence-electron chi connectivity index (χ3n) is 1.38. The van der Waals surface area contributed by atoms with Gasteiger partial charge in [-0.2, -0.15) is 0 Å². The van der Waals surface area contributed by atoms with Gasteiger partial charge in [-0.05, 0) is 18.6 Å². The average molecular weight is 223 g/mol. The second-order valence-corrected chi connectivity index (χ2v) is 2.56. The highest BCUT2D eigenvalue weighted by molar-refractivity contribution is 6.05. The number of hydrogen-bond acceptors (Lipinski definition) is 3. The van der Waals surface area contributed by atoms with Crippen molar-refractivity contribution in [3.8, 4) is 0 Å². The quantitative estimate of drug-likeness (QED) is 0.447. The first-order chi connectivity index (χ1) is 7.45. The maximum atomic E-state index is 10.4. The van der Waals surface area contributed by atoms with E-state index in [-0.39, 0.29) is 0 Å². The number of rotatable bonds is 1. The zero-order valence-corrected chi connectivity index (χ0v) is 9.51. The molecule has 6 heteroatoms. The molecule has 0 saturated heterocycles. The second kappa shape index (κ2) is 9.70. The van der Waals surface area contributed by atoms with E-state index in [4.69, 9.17) is 15.2 Å². The summed E-state index contributed by atoms with van der Waals surface area (Å²) in [6.45, 7) is 3.28. The van der Waals surface area contributed by atoms with Crippen LogP contribution in [-0.4, -0.2) is 30.9 Å². The number of carboxylic acid groups (broad SMARTS) is 1. The van der Waals surface area contributed by atoms with E-state index < -0.39 is 10.9 Å². The van der Waals surface area contributed by atoms with E-state index in [1.165, 1.54) is 6.82 Å². The maximum absolute atomic E-state index is 10.4. The van der Waals surface area contributed by atoms with Crippen LogP contribution in [0.2, 0.25) is 6.82 Å². The molecule has 0 atom stereocenters. The van der Waals surface area contributed by atoms with Crippen molar-refractivity contribution >= 4 is 13.8 Å². The van der Waals surface area contributed by atoms with Crippen LogP contribution in [0.15, 0.2) is 24.3 Å². The van der Waals surface area contributed by atoms with Crippen LogP contribution in [0, 0.1) is 17.0 Å². The van der Waals surface area contributed by atoms with Crippen LogP contribution in [0.1, 0.15) is 15.9 Å². The minimum Gasteiger partial charge on any atom is -0.478 e. The van der Waals surface area contributed by atoms with Crippen molar-refractivity contribution in [3.05, 3.63) is 45.5 Å². The molecule has 0 aliphatic rings. The van der Waals surface area contributed by atoms with Gasteiger partial charge in [0.1, 0.15) is 0 Å². The smallest absolute Gasteiger partial charge is 0.335 e. The molecule has 0 aromatic heterocycles. The minimum atomic E-state index is -0.863. The molecule has 16 heavy (non-hydrogen) atoms. The molecule has 2 radical (unpaired) electrons. The highest BCUT2D eigenvalue weighted by atomic mass is 16.6. The largest absolute Gasteiger partial charge is 0.478 e. The lowest BCUT2D eigenvalue weighted by Crippen LogP contribution is -1.97. The van der Waals surface area contributed by atoms with E-state index >= 15 is 0 Å². The SMILES string of the molecule is C[N+](=O)[O-].Cc1ccccc1C(=O)O.[B]C. The summed E-state index contributed by atoms with van der Waals surface area (Å²) >= 11 is 0. The Bertz CT molecular complexity index is 337. The van der Waals surface area contributed by atoms with Crippen molar-refractivity contribution in [1.82, 2.24) is 0 Å². The van der Waals surface area contributed by atoms with Gasteiger partial charge in [-0.1, -0.05) is 25.0 Å². The Hall–Kier alpha value is -1.85. The third kappa shape index (κ3) is 8.74. The van der Waals surface area contributed by atoms with E-state index in [0.717, 1.165) is 12.6 Å². The Labute approximate surface area is 95.7 Å². The van der Waals surface area contributed by atoms with Gasteiger partial charge in [0.2, 0.25) is 0 Å². The molecule has 0 saturated carbocycles. The van der Waals surface area contributed by atoms with Crippen molar-refractivity contribution in [3.63, 3.8) is 0 Å². The zero-order valence-electron chi connectivity index (χ0n) is 9.51. The van der Waals surface area contributed by atoms with Crippen LogP contribution in [-0.2, 0) is 0 Å². The second-order valence-electron chi connectivity index (χ2n) is 2.56. The summed E-state index contributed by atoms with van der Waals surface area (Å²) in [4.78, 5) is 18.7. The fourth-order valence-corrected chi connectivity index (χ4v) is 0.813. The number of aromatic carboxylic acids is 1. The van der Waals surface area contributed by atoms with Gasteiger partial charge in [0.25, 0.3) is 0 Å². The van der Waals surface area contributed by atoms with E-state index in [1.54, 1.807) is 25.1 Å². The molecule has 0 heterocycles. The molecule has 0 unspecified atom stereocenters. The molecule has 1 aromatic rings. The first-order valence-electron chi connectivity index (χ1n) is 4.39. The first-order valence-corrected chi connectivity index (χ1v) is 4.39. The molecule has 5 nitrogen and oxygen atoms in total. The number of nitrogens with zero attached hydrogens (tertiary/aromatic N) is 1. The predicted octanol–water partition coefficient (Wildman–Crippen LogP) is 1.79. The number of carboxylic acids is 1. The Morgan fingerprint density at radius 3 is 2.00 bits per heavy atom. The average Bonchev–Trinajstić information content (AvgIpc) is 2.20. The van der Waals surface area contributed by atoms with Gasteiger partial charge in [0.15, 0.2) is 7.05 Å². The van der Waals surface area contributed by atoms with Gasteiger partial charge in [0, 0.05) is 4.92 Å². The van der Waals surface area contributed by atoms with Crippen LogP contribution in [0.4, 0.5) is 0 Å². The monoisotopic (exact) mass is 223 g/mol. The van der Waals surface area contributed by atoms with E-state index in [9.17, 15) is 4.79 Å². The highest BCUT2D eigenvalue weighted by Gasteiger charge is 2.02. The number of hydrogen-bond donors (Lipinski definition) is 1. The Morgan fingerprint density at radius 1 is 1.38 bits per heavy atom. The molecule has 0 bridgehead atoms. The van der Waals surface area contributed by atoms with Gasteiger partial charge < -0.3 is 5.11 Å². The number of carbonyl (C=O) groups is 1. The lowest BCUT2D eigenvalue weighted by molar-refractivity contribution is -0.445. The normalized spacial score (nSPS) is 7.69. The molecule has 0 fully saturated rings. The van der Waals surface area contributed by atoms with Crippen molar-refractivity contribution in [2.75, 3.05) is 7.05 Å². The molecule has 86 valence electrons. The van der Waals surface area contributed by atoms with Gasteiger partial charge in [-0.3, -0.25) is 10.1 Å². The topological polar surface area (TPSA) is 80.4 Å². The summed E-state index contributed by atoms with van der Waals surface area (Å²) in [5.41, 5.74) is 1.18. The van der Waals surface area contributed by atoms with Crippen LogP contribution < -0.4 is 0 Å². The lowest BCUT2D eigenvalue weighted by atomic mass is 10.1. The summed E-state index contributed by atoms with van der Waals surface area (Å²) in [6, 6.07) is 6.92. The number of aryl methyl sites for hydroxylation is 1. The summed E-state index contributed by atoms with van der Waals surface area (Å²) < 4.78 is 0. The van der Waals surface area contributed by atoms with Crippen molar-refractivity contribution in [2.45, 2.75) is 13.7 Å². The van der Waals surface area contributed by atoms with Crippen molar-refractivity contribution < 1.29 is 14.8 Å². The van der Waals surface area contributed by atoms with E-state index in [1.807, 2.05) is 6.07 Å². The van der Waals surface area contributed by atoms with Crippen molar-refractivity contribution in [2.24, 2.45) is 0 Å². The Morgan fingerprint density at radius 2 is 1.75 bits per heavy atom. The molecule has 1 N–H and O–H groups in total. The first kappa shape index (κ1) is 16.6. The third-order valence-corrected chi connectivity index (χ3v) is 1.38. The maximum Gasteiger partial charge on any atom is 0.335 e. The van der Waals surface area contributed by atoms with Gasteiger partial charge in [-0.15, -0.1) is 0 Å². The van der Waals surface area contributed by atoms with E-state index in [2.05, 4.69) is 7.85 Å². The lowest BCUT2D eigenvalue weighted by Gasteiger charge is -1.96. The van der Waals surface area contributed by atoms with Crippen molar-refractivity contribution in [1.29, 1.82) is 0 Å². The van der Waals surface area contributed by atoms with Gasteiger partial charge in [0.05, 0.1) is 13.4 Å². The van der Waals surface area contributed by atoms with Crippen LogP contribution in [0.5, 0.6) is 0 Å². The Kier molecular flexibility index (Phi) is 10.1. The molecule has 0 spiro atoms. The van der Waals surface area contributed by atoms with Crippen LogP contribution >= 0.6 is 0 Å². The number of nitro groups is 1. The molecule has 0 aliphatic carbocycles. The zero-order chi connectivity index (χ0) is 13.1. The summed E-state index contributed by atoms with van der Waals surface area (Å²) in [5, 5.41) is 17.4. The minimum absolute atomic E-state index is 0.377. The number of benzene rings is 1. The summed E-state index contributed by atoms with van der Waals surface area (Å²) in [7, 11) is 5.39. The van der Waals surface area contributed by atoms with Gasteiger partial charge >= 0.3 is 5.97 Å².